The molecule has 0 aliphatic heterocycles. The quantitative estimate of drug-likeness (QED) is 0.613. The van der Waals surface area contributed by atoms with Crippen molar-refractivity contribution in [2.24, 2.45) is 0 Å². The molecule has 0 saturated heterocycles. The zero-order valence-electron chi connectivity index (χ0n) is 10.9. The molecule has 0 aliphatic rings. The first-order valence-electron chi connectivity index (χ1n) is 5.67. The molecule has 0 fully saturated rings. The number of hydrogen-bond acceptors (Lipinski definition) is 4. The van der Waals surface area contributed by atoms with Crippen molar-refractivity contribution in [1.29, 1.82) is 0 Å². The summed E-state index contributed by atoms with van der Waals surface area (Å²) >= 11 is 1.12. The maximum Gasteiger partial charge on any atom is 0.338 e. The summed E-state index contributed by atoms with van der Waals surface area (Å²) < 4.78 is 0. The number of carbonyl (C=O) groups is 2. The minimum Gasteiger partial charge on any atom is -0.478 e. The molecule has 1 aromatic heterocycles. The number of nitrogens with zero attached hydrogens (tertiary/aromatic N) is 1. The first-order chi connectivity index (χ1) is 8.95. The first kappa shape index (κ1) is 15.2. The molecule has 0 aromatic carbocycles. The van der Waals surface area contributed by atoms with Crippen LogP contribution < -0.4 is 5.32 Å². The fourth-order valence-corrected chi connectivity index (χ4v) is 2.51. The van der Waals surface area contributed by atoms with E-state index in [4.69, 9.17) is 0 Å². The molecular weight excluding hydrogens is 264 g/mol. The van der Waals surface area contributed by atoms with Gasteiger partial charge in [-0.15, -0.1) is 6.58 Å². The van der Waals surface area contributed by atoms with E-state index in [-0.39, 0.29) is 17.2 Å². The number of aromatic carboxylic acids is 1. The third-order valence-corrected chi connectivity index (χ3v) is 3.28. The number of hydrogen-bond donors (Lipinski definition) is 2. The van der Waals surface area contributed by atoms with Gasteiger partial charge in [0.2, 0.25) is 5.91 Å². The molecule has 5 nitrogen and oxygen atoms in total. The van der Waals surface area contributed by atoms with Gasteiger partial charge in [-0.3, -0.25) is 4.79 Å². The monoisotopic (exact) mass is 280 g/mol. The van der Waals surface area contributed by atoms with Gasteiger partial charge in [0.1, 0.15) is 5.03 Å². The van der Waals surface area contributed by atoms with Crippen LogP contribution in [-0.2, 0) is 4.79 Å². The van der Waals surface area contributed by atoms with Crippen molar-refractivity contribution in [1.82, 2.24) is 10.3 Å². The number of aromatic nitrogens is 1. The standard InChI is InChI=1S/C13H16N2O3S/c1-4-5-14-10(16)7-19-12-11(13(17)18)8(2)6-9(3)15-12/h4,6H,1,5,7H2,2-3H3,(H,14,16)(H,17,18). The Labute approximate surface area is 116 Å². The predicted molar refractivity (Wildman–Crippen MR) is 74.6 cm³/mol. The Balaban J connectivity index is 2.85. The minimum atomic E-state index is -1.03. The largest absolute Gasteiger partial charge is 0.478 e. The molecule has 2 N–H and O–H groups in total. The number of aryl methyl sites for hydroxylation is 2. The van der Waals surface area contributed by atoms with E-state index in [1.54, 1.807) is 26.0 Å². The van der Waals surface area contributed by atoms with E-state index in [0.717, 1.165) is 17.5 Å². The topological polar surface area (TPSA) is 79.3 Å². The van der Waals surface area contributed by atoms with Crippen LogP contribution in [0.15, 0.2) is 23.7 Å². The highest BCUT2D eigenvalue weighted by molar-refractivity contribution is 8.00. The average molecular weight is 280 g/mol. The first-order valence-corrected chi connectivity index (χ1v) is 6.66. The number of carboxylic acid groups (broad SMARTS) is 1. The number of nitrogens with one attached hydrogen (secondary N) is 1. The van der Waals surface area contributed by atoms with Crippen molar-refractivity contribution >= 4 is 23.6 Å². The van der Waals surface area contributed by atoms with Crippen LogP contribution in [0.1, 0.15) is 21.6 Å². The van der Waals surface area contributed by atoms with Gasteiger partial charge in [-0.25, -0.2) is 9.78 Å². The zero-order valence-corrected chi connectivity index (χ0v) is 11.7. The maximum atomic E-state index is 11.5. The number of rotatable bonds is 6. The predicted octanol–water partition coefficient (Wildman–Crippen LogP) is 1.79. The van der Waals surface area contributed by atoms with Gasteiger partial charge in [0.05, 0.1) is 11.3 Å². The summed E-state index contributed by atoms with van der Waals surface area (Å²) in [6.45, 7) is 7.41. The van der Waals surface area contributed by atoms with Crippen molar-refractivity contribution < 1.29 is 14.7 Å². The van der Waals surface area contributed by atoms with E-state index < -0.39 is 5.97 Å². The molecule has 0 unspecified atom stereocenters. The van der Waals surface area contributed by atoms with E-state index in [9.17, 15) is 14.7 Å². The lowest BCUT2D eigenvalue weighted by Crippen LogP contribution is -2.25. The highest BCUT2D eigenvalue weighted by atomic mass is 32.2. The van der Waals surface area contributed by atoms with Crippen LogP contribution in [-0.4, -0.2) is 34.3 Å². The van der Waals surface area contributed by atoms with Gasteiger partial charge in [0, 0.05) is 12.2 Å². The SMILES string of the molecule is C=CCNC(=O)CSc1nc(C)cc(C)c1C(=O)O. The Morgan fingerprint density at radius 1 is 1.53 bits per heavy atom. The van der Waals surface area contributed by atoms with Crippen LogP contribution in [0.3, 0.4) is 0 Å². The zero-order chi connectivity index (χ0) is 14.4. The van der Waals surface area contributed by atoms with Gasteiger partial charge in [0.25, 0.3) is 0 Å². The number of thioether (sulfide) groups is 1. The average Bonchev–Trinajstić information content (AvgIpc) is 2.32. The number of pyridine rings is 1. The second-order valence-electron chi connectivity index (χ2n) is 3.95. The van der Waals surface area contributed by atoms with E-state index in [0.29, 0.717) is 17.1 Å². The molecular formula is C13H16N2O3S. The van der Waals surface area contributed by atoms with Crippen molar-refractivity contribution in [3.63, 3.8) is 0 Å². The Bertz CT molecular complexity index is 515. The van der Waals surface area contributed by atoms with Gasteiger partial charge < -0.3 is 10.4 Å². The molecule has 19 heavy (non-hydrogen) atoms. The lowest BCUT2D eigenvalue weighted by molar-refractivity contribution is -0.118. The van der Waals surface area contributed by atoms with E-state index in [1.165, 1.54) is 0 Å². The molecule has 0 bridgehead atoms. The maximum absolute atomic E-state index is 11.5. The van der Waals surface area contributed by atoms with Crippen molar-refractivity contribution in [3.8, 4) is 0 Å². The summed E-state index contributed by atoms with van der Waals surface area (Å²) in [5.41, 5.74) is 1.54. The second-order valence-corrected chi connectivity index (χ2v) is 4.91. The summed E-state index contributed by atoms with van der Waals surface area (Å²) in [4.78, 5) is 26.9. The summed E-state index contributed by atoms with van der Waals surface area (Å²) in [7, 11) is 0. The molecule has 0 atom stereocenters. The third kappa shape index (κ3) is 4.40. The van der Waals surface area contributed by atoms with Gasteiger partial charge in [-0.05, 0) is 25.5 Å². The molecule has 1 heterocycles. The Kier molecular flexibility index (Phi) is 5.57. The number of carboxylic acids is 1. The summed E-state index contributed by atoms with van der Waals surface area (Å²) in [6.07, 6.45) is 1.58. The van der Waals surface area contributed by atoms with Crippen LogP contribution in [0.5, 0.6) is 0 Å². The van der Waals surface area contributed by atoms with E-state index in [2.05, 4.69) is 16.9 Å². The molecule has 0 radical (unpaired) electrons. The van der Waals surface area contributed by atoms with Crippen LogP contribution in [0.4, 0.5) is 0 Å². The van der Waals surface area contributed by atoms with Crippen molar-refractivity contribution in [2.45, 2.75) is 18.9 Å². The summed E-state index contributed by atoms with van der Waals surface area (Å²) in [5.74, 6) is -1.08. The lowest BCUT2D eigenvalue weighted by atomic mass is 10.1. The van der Waals surface area contributed by atoms with E-state index in [1.807, 2.05) is 0 Å². The smallest absolute Gasteiger partial charge is 0.338 e. The van der Waals surface area contributed by atoms with Gasteiger partial charge in [-0.1, -0.05) is 17.8 Å². The van der Waals surface area contributed by atoms with Crippen molar-refractivity contribution in [2.75, 3.05) is 12.3 Å². The van der Waals surface area contributed by atoms with Gasteiger partial charge in [-0.2, -0.15) is 0 Å². The molecule has 0 saturated carbocycles. The summed E-state index contributed by atoms with van der Waals surface area (Å²) in [6, 6.07) is 1.71. The number of carbonyl (C=O) groups excluding carboxylic acids is 1. The van der Waals surface area contributed by atoms with Crippen LogP contribution >= 0.6 is 11.8 Å². The molecule has 1 amide bonds. The lowest BCUT2D eigenvalue weighted by Gasteiger charge is -2.09. The second kappa shape index (κ2) is 6.94. The fourth-order valence-electron chi connectivity index (χ4n) is 1.54. The van der Waals surface area contributed by atoms with E-state index >= 15 is 0 Å². The van der Waals surface area contributed by atoms with Crippen molar-refractivity contribution in [3.05, 3.63) is 35.5 Å². The summed E-state index contributed by atoms with van der Waals surface area (Å²) in [5, 5.41) is 12.2. The highest BCUT2D eigenvalue weighted by Gasteiger charge is 2.17. The van der Waals surface area contributed by atoms with Crippen LogP contribution in [0.25, 0.3) is 0 Å². The highest BCUT2D eigenvalue weighted by Crippen LogP contribution is 2.24. The molecule has 6 heteroatoms. The number of amides is 1. The molecule has 1 aromatic rings. The minimum absolute atomic E-state index is 0.129. The fraction of sp³-hybridized carbons (Fsp3) is 0.308. The Morgan fingerprint density at radius 3 is 2.79 bits per heavy atom. The molecule has 102 valence electrons. The normalized spacial score (nSPS) is 10.0. The molecule has 1 rings (SSSR count). The van der Waals surface area contributed by atoms with Crippen LogP contribution in [0.2, 0.25) is 0 Å². The molecule has 0 aliphatic carbocycles. The van der Waals surface area contributed by atoms with Crippen LogP contribution in [0, 0.1) is 13.8 Å². The Morgan fingerprint density at radius 2 is 2.21 bits per heavy atom. The van der Waals surface area contributed by atoms with Gasteiger partial charge >= 0.3 is 5.97 Å². The molecule has 0 spiro atoms. The van der Waals surface area contributed by atoms with Gasteiger partial charge in [0.15, 0.2) is 0 Å². The third-order valence-electron chi connectivity index (χ3n) is 2.31. The Hall–Kier alpha value is -1.82.